The molecule has 0 unspecified atom stereocenters. The smallest absolute Gasteiger partial charge is 0.262 e. The zero-order valence-electron chi connectivity index (χ0n) is 17.9. The molecule has 4 rings (SSSR count). The number of para-hydroxylation sites is 1. The lowest BCUT2D eigenvalue weighted by Crippen LogP contribution is -2.40. The number of hydrogen-bond acceptors (Lipinski definition) is 5. The predicted molar refractivity (Wildman–Crippen MR) is 120 cm³/mol. The number of aryl methyl sites for hydroxylation is 1. The highest BCUT2D eigenvalue weighted by Gasteiger charge is 2.25. The van der Waals surface area contributed by atoms with Crippen molar-refractivity contribution in [3.05, 3.63) is 34.6 Å². The minimum absolute atomic E-state index is 0.0415. The van der Waals surface area contributed by atoms with Gasteiger partial charge in [-0.15, -0.1) is 10.2 Å². The van der Waals surface area contributed by atoms with Crippen molar-refractivity contribution >= 4 is 34.3 Å². The van der Waals surface area contributed by atoms with E-state index in [1.54, 1.807) is 4.57 Å². The van der Waals surface area contributed by atoms with Gasteiger partial charge in [0.1, 0.15) is 0 Å². The van der Waals surface area contributed by atoms with Gasteiger partial charge in [0.05, 0.1) is 16.2 Å². The first kappa shape index (κ1) is 20.9. The van der Waals surface area contributed by atoms with Crippen LogP contribution in [0, 0.1) is 5.92 Å². The Hall–Kier alpha value is -2.35. The molecule has 0 N–H and O–H groups in total. The van der Waals surface area contributed by atoms with E-state index in [0.29, 0.717) is 28.8 Å². The van der Waals surface area contributed by atoms with Gasteiger partial charge in [0.15, 0.2) is 5.16 Å². The summed E-state index contributed by atoms with van der Waals surface area (Å²) < 4.78 is 3.65. The van der Waals surface area contributed by atoms with Crippen molar-refractivity contribution in [2.45, 2.75) is 63.4 Å². The molecule has 3 heterocycles. The summed E-state index contributed by atoms with van der Waals surface area (Å²) in [4.78, 5) is 28.0. The normalized spacial score (nSPS) is 15.9. The Labute approximate surface area is 180 Å². The molecule has 1 aliphatic rings. The maximum Gasteiger partial charge on any atom is 0.262 e. The zero-order valence-corrected chi connectivity index (χ0v) is 18.7. The van der Waals surface area contributed by atoms with Crippen molar-refractivity contribution in [3.8, 4) is 0 Å². The highest BCUT2D eigenvalue weighted by atomic mass is 32.2. The van der Waals surface area contributed by atoms with Crippen LogP contribution in [0.1, 0.15) is 46.5 Å². The fourth-order valence-corrected chi connectivity index (χ4v) is 4.92. The summed E-state index contributed by atoms with van der Waals surface area (Å²) in [5.74, 6) is 1.16. The van der Waals surface area contributed by atoms with Crippen LogP contribution in [-0.4, -0.2) is 48.3 Å². The van der Waals surface area contributed by atoms with E-state index < -0.39 is 0 Å². The Morgan fingerprint density at radius 3 is 2.57 bits per heavy atom. The van der Waals surface area contributed by atoms with Crippen molar-refractivity contribution in [1.29, 1.82) is 0 Å². The molecule has 1 amide bonds. The first-order chi connectivity index (χ1) is 14.5. The van der Waals surface area contributed by atoms with Gasteiger partial charge >= 0.3 is 0 Å². The maximum absolute atomic E-state index is 13.1. The molecule has 1 fully saturated rings. The minimum atomic E-state index is -0.259. The van der Waals surface area contributed by atoms with E-state index >= 15 is 0 Å². The monoisotopic (exact) mass is 427 g/mol. The van der Waals surface area contributed by atoms with Crippen molar-refractivity contribution in [2.75, 3.05) is 13.1 Å². The molecule has 0 spiro atoms. The standard InChI is InChI=1S/C22H29N5O2S/c1-15(2)11-14-26-20(29)17-9-5-6-10-18(17)27-21(26)23-24-22(27)30-16(3)19(28)25-12-7-4-8-13-25/h5-6,9-10,15-16H,4,7-8,11-14H2,1-3H3/t16-/m1/s1. The number of nitrogens with zero attached hydrogens (tertiary/aromatic N) is 5. The molecule has 0 aliphatic carbocycles. The lowest BCUT2D eigenvalue weighted by molar-refractivity contribution is -0.131. The molecule has 3 aromatic rings. The SMILES string of the molecule is CC(C)CCn1c(=O)c2ccccc2n2c(S[C@H](C)C(=O)N3CCCCC3)nnc12. The largest absolute Gasteiger partial charge is 0.342 e. The Morgan fingerprint density at radius 2 is 1.83 bits per heavy atom. The van der Waals surface area contributed by atoms with Gasteiger partial charge in [-0.25, -0.2) is 0 Å². The van der Waals surface area contributed by atoms with Crippen molar-refractivity contribution in [2.24, 2.45) is 5.92 Å². The molecule has 2 aromatic heterocycles. The highest BCUT2D eigenvalue weighted by molar-refractivity contribution is 8.00. The first-order valence-corrected chi connectivity index (χ1v) is 11.7. The van der Waals surface area contributed by atoms with E-state index in [1.807, 2.05) is 40.5 Å². The van der Waals surface area contributed by atoms with Gasteiger partial charge in [-0.2, -0.15) is 0 Å². The number of fused-ring (bicyclic) bond motifs is 3. The van der Waals surface area contributed by atoms with Gasteiger partial charge in [0, 0.05) is 19.6 Å². The molecular weight excluding hydrogens is 398 g/mol. The number of carbonyl (C=O) groups is 1. The van der Waals surface area contributed by atoms with E-state index in [2.05, 4.69) is 24.0 Å². The van der Waals surface area contributed by atoms with Crippen LogP contribution in [0.3, 0.4) is 0 Å². The van der Waals surface area contributed by atoms with Crippen molar-refractivity contribution in [1.82, 2.24) is 24.1 Å². The summed E-state index contributed by atoms with van der Waals surface area (Å²) >= 11 is 1.42. The molecule has 0 saturated carbocycles. The molecule has 7 nitrogen and oxygen atoms in total. The van der Waals surface area contributed by atoms with Crippen LogP contribution in [0.15, 0.2) is 34.2 Å². The second-order valence-corrected chi connectivity index (χ2v) is 9.73. The second kappa shape index (κ2) is 8.79. The summed E-state index contributed by atoms with van der Waals surface area (Å²) in [6.45, 7) is 8.48. The number of aromatic nitrogens is 4. The first-order valence-electron chi connectivity index (χ1n) is 10.8. The van der Waals surface area contributed by atoms with E-state index in [0.717, 1.165) is 37.9 Å². The van der Waals surface area contributed by atoms with Crippen LogP contribution < -0.4 is 5.56 Å². The van der Waals surface area contributed by atoms with Gasteiger partial charge in [-0.05, 0) is 50.7 Å². The number of amides is 1. The van der Waals surface area contributed by atoms with Crippen LogP contribution in [-0.2, 0) is 11.3 Å². The number of benzene rings is 1. The topological polar surface area (TPSA) is 72.5 Å². The molecule has 1 saturated heterocycles. The van der Waals surface area contributed by atoms with Gasteiger partial charge in [-0.3, -0.25) is 18.6 Å². The van der Waals surface area contributed by atoms with Crippen molar-refractivity contribution < 1.29 is 4.79 Å². The highest BCUT2D eigenvalue weighted by Crippen LogP contribution is 2.27. The summed E-state index contributed by atoms with van der Waals surface area (Å²) in [7, 11) is 0. The number of likely N-dealkylation sites (tertiary alicyclic amines) is 1. The van der Waals surface area contributed by atoms with Gasteiger partial charge in [-0.1, -0.05) is 37.7 Å². The van der Waals surface area contributed by atoms with E-state index in [4.69, 9.17) is 0 Å². The van der Waals surface area contributed by atoms with Crippen LogP contribution in [0.2, 0.25) is 0 Å². The van der Waals surface area contributed by atoms with Gasteiger partial charge in [0.2, 0.25) is 11.7 Å². The van der Waals surface area contributed by atoms with E-state index in [9.17, 15) is 9.59 Å². The summed E-state index contributed by atoms with van der Waals surface area (Å²) in [6, 6.07) is 7.55. The third-order valence-electron chi connectivity index (χ3n) is 5.71. The molecule has 1 aliphatic heterocycles. The Kier molecular flexibility index (Phi) is 6.13. The van der Waals surface area contributed by atoms with Crippen LogP contribution in [0.4, 0.5) is 0 Å². The summed E-state index contributed by atoms with van der Waals surface area (Å²) in [5.41, 5.74) is 0.739. The Bertz CT molecular complexity index is 1110. The number of hydrogen-bond donors (Lipinski definition) is 0. The maximum atomic E-state index is 13.1. The molecule has 0 radical (unpaired) electrons. The van der Waals surface area contributed by atoms with Crippen LogP contribution in [0.25, 0.3) is 16.7 Å². The molecule has 30 heavy (non-hydrogen) atoms. The third-order valence-corrected chi connectivity index (χ3v) is 6.74. The van der Waals surface area contributed by atoms with Gasteiger partial charge < -0.3 is 4.90 Å². The number of rotatable bonds is 6. The van der Waals surface area contributed by atoms with Crippen molar-refractivity contribution in [3.63, 3.8) is 0 Å². The Morgan fingerprint density at radius 1 is 1.10 bits per heavy atom. The van der Waals surface area contributed by atoms with E-state index in [1.165, 1.54) is 18.2 Å². The zero-order chi connectivity index (χ0) is 21.3. The number of thioether (sulfide) groups is 1. The Balaban J connectivity index is 1.74. The number of carbonyl (C=O) groups excluding carboxylic acids is 1. The fourth-order valence-electron chi connectivity index (χ4n) is 3.98. The average Bonchev–Trinajstić information content (AvgIpc) is 3.17. The molecular formula is C22H29N5O2S. The lowest BCUT2D eigenvalue weighted by atomic mass is 10.1. The molecule has 1 aromatic carbocycles. The summed E-state index contributed by atoms with van der Waals surface area (Å²) in [6.07, 6.45) is 4.22. The molecule has 160 valence electrons. The summed E-state index contributed by atoms with van der Waals surface area (Å²) in [5, 5.41) is 9.79. The van der Waals surface area contributed by atoms with Crippen LogP contribution >= 0.6 is 11.8 Å². The predicted octanol–water partition coefficient (Wildman–Crippen LogP) is 3.58. The minimum Gasteiger partial charge on any atom is -0.342 e. The van der Waals surface area contributed by atoms with Crippen LogP contribution in [0.5, 0.6) is 0 Å². The fraction of sp³-hybridized carbons (Fsp3) is 0.545. The average molecular weight is 428 g/mol. The number of piperidine rings is 1. The third kappa shape index (κ3) is 3.97. The molecule has 8 heteroatoms. The quantitative estimate of drug-likeness (QED) is 0.562. The van der Waals surface area contributed by atoms with E-state index in [-0.39, 0.29) is 16.7 Å². The second-order valence-electron chi connectivity index (χ2n) is 8.42. The molecule has 1 atom stereocenters. The lowest BCUT2D eigenvalue weighted by Gasteiger charge is -2.28. The van der Waals surface area contributed by atoms with Gasteiger partial charge in [0.25, 0.3) is 5.56 Å². The molecule has 0 bridgehead atoms.